The molecule has 0 aliphatic carbocycles. The van der Waals surface area contributed by atoms with Crippen LogP contribution in [0.3, 0.4) is 0 Å². The van der Waals surface area contributed by atoms with E-state index in [0.29, 0.717) is 6.61 Å². The lowest BCUT2D eigenvalue weighted by molar-refractivity contribution is -0.170. The Labute approximate surface area is 119 Å². The molecule has 0 bridgehead atoms. The molecule has 104 valence electrons. The summed E-state index contributed by atoms with van der Waals surface area (Å²) in [4.78, 5) is 12.1. The third-order valence-corrected chi connectivity index (χ3v) is 3.27. The normalized spacial score (nSPS) is 13.5. The van der Waals surface area contributed by atoms with E-state index in [4.69, 9.17) is 9.47 Å². The zero-order valence-electron chi connectivity index (χ0n) is 11.7. The molecule has 0 saturated heterocycles. The summed E-state index contributed by atoms with van der Waals surface area (Å²) in [7, 11) is 1.37. The van der Waals surface area contributed by atoms with Crippen molar-refractivity contribution >= 4 is 5.97 Å². The molecule has 0 radical (unpaired) electrons. The fourth-order valence-corrected chi connectivity index (χ4v) is 2.01. The van der Waals surface area contributed by atoms with Gasteiger partial charge in [-0.3, -0.25) is 0 Å². The number of ether oxygens (including phenoxy) is 2. The van der Waals surface area contributed by atoms with E-state index in [1.807, 2.05) is 60.7 Å². The minimum absolute atomic E-state index is 0.349. The van der Waals surface area contributed by atoms with Gasteiger partial charge in [0.05, 0.1) is 13.7 Å². The molecule has 0 saturated carbocycles. The van der Waals surface area contributed by atoms with Crippen LogP contribution in [0.4, 0.5) is 0 Å². The third-order valence-electron chi connectivity index (χ3n) is 3.27. The Morgan fingerprint density at radius 1 is 1.00 bits per heavy atom. The van der Waals surface area contributed by atoms with Gasteiger partial charge in [-0.2, -0.15) is 0 Å². The molecule has 0 N–H and O–H groups in total. The SMILES string of the molecule is COC(=O)[C@](C)(OCc1ccccc1)c1ccccc1. The van der Waals surface area contributed by atoms with Crippen LogP contribution in [0.1, 0.15) is 18.1 Å². The largest absolute Gasteiger partial charge is 0.467 e. The maximum Gasteiger partial charge on any atom is 0.342 e. The molecule has 0 aromatic heterocycles. The van der Waals surface area contributed by atoms with Crippen molar-refractivity contribution in [3.8, 4) is 0 Å². The van der Waals surface area contributed by atoms with E-state index in [1.54, 1.807) is 6.92 Å². The number of methoxy groups -OCH3 is 1. The number of esters is 1. The number of carbonyl (C=O) groups is 1. The van der Waals surface area contributed by atoms with Gasteiger partial charge in [-0.1, -0.05) is 60.7 Å². The first-order chi connectivity index (χ1) is 9.66. The Morgan fingerprint density at radius 3 is 2.10 bits per heavy atom. The van der Waals surface area contributed by atoms with Crippen LogP contribution in [0.5, 0.6) is 0 Å². The van der Waals surface area contributed by atoms with E-state index in [9.17, 15) is 4.79 Å². The van der Waals surface area contributed by atoms with Crippen LogP contribution in [0.2, 0.25) is 0 Å². The highest BCUT2D eigenvalue weighted by Crippen LogP contribution is 2.28. The minimum atomic E-state index is -1.11. The summed E-state index contributed by atoms with van der Waals surface area (Å²) in [5, 5.41) is 0. The first kappa shape index (κ1) is 14.3. The highest BCUT2D eigenvalue weighted by atomic mass is 16.6. The summed E-state index contributed by atoms with van der Waals surface area (Å²) in [5.74, 6) is -0.403. The first-order valence-electron chi connectivity index (χ1n) is 6.48. The molecule has 0 spiro atoms. The van der Waals surface area contributed by atoms with Crippen LogP contribution in [-0.2, 0) is 26.5 Å². The molecule has 1 atom stereocenters. The zero-order valence-corrected chi connectivity index (χ0v) is 11.7. The molecule has 0 heterocycles. The smallest absolute Gasteiger partial charge is 0.342 e. The van der Waals surface area contributed by atoms with Crippen molar-refractivity contribution in [3.05, 3.63) is 71.8 Å². The number of rotatable bonds is 5. The predicted octanol–water partition coefficient (Wildman–Crippen LogP) is 3.29. The average Bonchev–Trinajstić information content (AvgIpc) is 2.53. The molecular weight excluding hydrogens is 252 g/mol. The summed E-state index contributed by atoms with van der Waals surface area (Å²) in [6, 6.07) is 19.1. The molecule has 2 aromatic carbocycles. The number of benzene rings is 2. The van der Waals surface area contributed by atoms with Gasteiger partial charge < -0.3 is 9.47 Å². The maximum atomic E-state index is 12.1. The molecule has 3 heteroatoms. The molecule has 0 amide bonds. The number of carbonyl (C=O) groups excluding carboxylic acids is 1. The van der Waals surface area contributed by atoms with Crippen molar-refractivity contribution in [1.29, 1.82) is 0 Å². The van der Waals surface area contributed by atoms with Gasteiger partial charge >= 0.3 is 5.97 Å². The average molecular weight is 270 g/mol. The Balaban J connectivity index is 2.22. The summed E-state index contributed by atoms with van der Waals surface area (Å²) >= 11 is 0. The second kappa shape index (κ2) is 6.35. The Kier molecular flexibility index (Phi) is 4.53. The van der Waals surface area contributed by atoms with Crippen molar-refractivity contribution < 1.29 is 14.3 Å². The quantitative estimate of drug-likeness (QED) is 0.782. The highest BCUT2D eigenvalue weighted by Gasteiger charge is 2.37. The van der Waals surface area contributed by atoms with Crippen LogP contribution in [0.15, 0.2) is 60.7 Å². The summed E-state index contributed by atoms with van der Waals surface area (Å²) < 4.78 is 10.8. The fraction of sp³-hybridized carbons (Fsp3) is 0.235. The summed E-state index contributed by atoms with van der Waals surface area (Å²) in [6.07, 6.45) is 0. The van der Waals surface area contributed by atoms with Crippen molar-refractivity contribution in [2.75, 3.05) is 7.11 Å². The van der Waals surface area contributed by atoms with Crippen molar-refractivity contribution in [3.63, 3.8) is 0 Å². The Morgan fingerprint density at radius 2 is 1.55 bits per heavy atom. The molecule has 20 heavy (non-hydrogen) atoms. The van der Waals surface area contributed by atoms with Crippen LogP contribution in [0, 0.1) is 0 Å². The van der Waals surface area contributed by atoms with Gasteiger partial charge in [0.15, 0.2) is 5.60 Å². The Hall–Kier alpha value is -2.13. The van der Waals surface area contributed by atoms with Crippen molar-refractivity contribution in [1.82, 2.24) is 0 Å². The summed E-state index contributed by atoms with van der Waals surface area (Å²) in [5.41, 5.74) is 0.688. The van der Waals surface area contributed by atoms with Crippen molar-refractivity contribution in [2.45, 2.75) is 19.1 Å². The Bertz CT molecular complexity index is 551. The molecule has 0 unspecified atom stereocenters. The molecule has 0 aliphatic rings. The van der Waals surface area contributed by atoms with Crippen LogP contribution in [0.25, 0.3) is 0 Å². The van der Waals surface area contributed by atoms with Gasteiger partial charge in [-0.05, 0) is 18.1 Å². The van der Waals surface area contributed by atoms with Gasteiger partial charge in [0.2, 0.25) is 0 Å². The number of hydrogen-bond acceptors (Lipinski definition) is 3. The molecule has 2 aromatic rings. The lowest BCUT2D eigenvalue weighted by atomic mass is 9.96. The van der Waals surface area contributed by atoms with E-state index in [-0.39, 0.29) is 0 Å². The van der Waals surface area contributed by atoms with E-state index < -0.39 is 11.6 Å². The zero-order chi connectivity index (χ0) is 14.4. The first-order valence-corrected chi connectivity index (χ1v) is 6.48. The lowest BCUT2D eigenvalue weighted by Crippen LogP contribution is -2.36. The van der Waals surface area contributed by atoms with Gasteiger partial charge in [0.25, 0.3) is 0 Å². The molecule has 0 fully saturated rings. The van der Waals surface area contributed by atoms with Gasteiger partial charge in [-0.25, -0.2) is 4.79 Å². The highest BCUT2D eigenvalue weighted by molar-refractivity contribution is 5.80. The van der Waals surface area contributed by atoms with Gasteiger partial charge in [-0.15, -0.1) is 0 Å². The van der Waals surface area contributed by atoms with E-state index in [2.05, 4.69) is 0 Å². The van der Waals surface area contributed by atoms with Crippen LogP contribution in [-0.4, -0.2) is 13.1 Å². The molecular formula is C17H18O3. The number of hydrogen-bond donors (Lipinski definition) is 0. The second-order valence-electron chi connectivity index (χ2n) is 4.67. The monoisotopic (exact) mass is 270 g/mol. The van der Waals surface area contributed by atoms with E-state index in [0.717, 1.165) is 11.1 Å². The third kappa shape index (κ3) is 3.06. The van der Waals surface area contributed by atoms with Crippen LogP contribution >= 0.6 is 0 Å². The lowest BCUT2D eigenvalue weighted by Gasteiger charge is -2.27. The fourth-order valence-electron chi connectivity index (χ4n) is 2.01. The molecule has 2 rings (SSSR count). The van der Waals surface area contributed by atoms with E-state index >= 15 is 0 Å². The van der Waals surface area contributed by atoms with E-state index in [1.165, 1.54) is 7.11 Å². The van der Waals surface area contributed by atoms with Gasteiger partial charge in [0.1, 0.15) is 0 Å². The summed E-state index contributed by atoms with van der Waals surface area (Å²) in [6.45, 7) is 2.08. The molecule has 3 nitrogen and oxygen atoms in total. The molecule has 0 aliphatic heterocycles. The predicted molar refractivity (Wildman–Crippen MR) is 77.0 cm³/mol. The van der Waals surface area contributed by atoms with Crippen molar-refractivity contribution in [2.24, 2.45) is 0 Å². The minimum Gasteiger partial charge on any atom is -0.467 e. The van der Waals surface area contributed by atoms with Crippen LogP contribution < -0.4 is 0 Å². The maximum absolute atomic E-state index is 12.1. The standard InChI is InChI=1S/C17H18O3/c1-17(16(18)19-2,15-11-7-4-8-12-15)20-13-14-9-5-3-6-10-14/h3-12H,13H2,1-2H3/t17-/m1/s1. The van der Waals surface area contributed by atoms with Gasteiger partial charge in [0, 0.05) is 0 Å². The second-order valence-corrected chi connectivity index (χ2v) is 4.67. The topological polar surface area (TPSA) is 35.5 Å².